The Hall–Kier alpha value is -0.150. The molecular weight excluding hydrogens is 201 g/mol. The highest BCUT2D eigenvalue weighted by Gasteiger charge is 2.32. The average molecular weight is 219 g/mol. The molecule has 0 aliphatic heterocycles. The first-order chi connectivity index (χ1) is 6.56. The van der Waals surface area contributed by atoms with E-state index in [1.54, 1.807) is 0 Å². The van der Waals surface area contributed by atoms with E-state index in [1.807, 2.05) is 12.2 Å². The molecule has 0 aromatic heterocycles. The SMILES string of the molecule is NC[C@@H](O)CP(=O)(O)C1CC=CCC1. The molecule has 0 saturated carbocycles. The lowest BCUT2D eigenvalue weighted by Gasteiger charge is -2.25. The van der Waals surface area contributed by atoms with E-state index in [-0.39, 0.29) is 18.4 Å². The van der Waals surface area contributed by atoms with Crippen molar-refractivity contribution in [3.63, 3.8) is 0 Å². The molecule has 0 fully saturated rings. The fourth-order valence-electron chi connectivity index (χ4n) is 1.67. The van der Waals surface area contributed by atoms with Gasteiger partial charge in [0.1, 0.15) is 0 Å². The molecule has 0 heterocycles. The molecule has 5 heteroatoms. The summed E-state index contributed by atoms with van der Waals surface area (Å²) in [4.78, 5) is 9.75. The zero-order valence-corrected chi connectivity index (χ0v) is 9.07. The fraction of sp³-hybridized carbons (Fsp3) is 0.778. The molecule has 0 saturated heterocycles. The van der Waals surface area contributed by atoms with Crippen molar-refractivity contribution in [3.8, 4) is 0 Å². The Morgan fingerprint density at radius 2 is 2.29 bits per heavy atom. The predicted molar refractivity (Wildman–Crippen MR) is 56.5 cm³/mol. The van der Waals surface area contributed by atoms with E-state index in [2.05, 4.69) is 0 Å². The number of aliphatic hydroxyl groups excluding tert-OH is 1. The van der Waals surface area contributed by atoms with Crippen LogP contribution in [0.25, 0.3) is 0 Å². The minimum absolute atomic E-state index is 0.0487. The molecule has 0 bridgehead atoms. The zero-order chi connectivity index (χ0) is 10.6. The molecule has 1 aliphatic rings. The summed E-state index contributed by atoms with van der Waals surface area (Å²) in [6, 6.07) is 0. The molecule has 1 rings (SSSR count). The topological polar surface area (TPSA) is 83.5 Å². The molecule has 0 spiro atoms. The Labute approximate surface area is 84.3 Å². The number of hydrogen-bond donors (Lipinski definition) is 3. The molecule has 0 aromatic rings. The van der Waals surface area contributed by atoms with Gasteiger partial charge in [0.15, 0.2) is 0 Å². The van der Waals surface area contributed by atoms with Gasteiger partial charge in [-0.3, -0.25) is 4.57 Å². The van der Waals surface area contributed by atoms with E-state index in [9.17, 15) is 14.6 Å². The first kappa shape index (κ1) is 11.9. The second-order valence-corrected chi connectivity index (χ2v) is 6.37. The molecule has 0 amide bonds. The van der Waals surface area contributed by atoms with Gasteiger partial charge in [-0.1, -0.05) is 12.2 Å². The van der Waals surface area contributed by atoms with Crippen LogP contribution in [-0.4, -0.2) is 34.5 Å². The predicted octanol–water partition coefficient (Wildman–Crippen LogP) is 0.685. The van der Waals surface area contributed by atoms with Gasteiger partial charge in [0, 0.05) is 12.2 Å². The van der Waals surface area contributed by atoms with Gasteiger partial charge in [-0.2, -0.15) is 0 Å². The van der Waals surface area contributed by atoms with E-state index in [0.29, 0.717) is 6.42 Å². The van der Waals surface area contributed by atoms with Gasteiger partial charge in [0.05, 0.1) is 12.3 Å². The Morgan fingerprint density at radius 1 is 1.57 bits per heavy atom. The number of aliphatic hydroxyl groups is 1. The van der Waals surface area contributed by atoms with Crippen LogP contribution in [0.4, 0.5) is 0 Å². The van der Waals surface area contributed by atoms with E-state index in [4.69, 9.17) is 5.73 Å². The van der Waals surface area contributed by atoms with Crippen molar-refractivity contribution in [3.05, 3.63) is 12.2 Å². The fourth-order valence-corrected chi connectivity index (χ4v) is 3.72. The van der Waals surface area contributed by atoms with Crippen molar-refractivity contribution in [1.29, 1.82) is 0 Å². The van der Waals surface area contributed by atoms with Crippen LogP contribution in [0.1, 0.15) is 19.3 Å². The van der Waals surface area contributed by atoms with E-state index in [1.165, 1.54) is 0 Å². The third-order valence-electron chi connectivity index (χ3n) is 2.56. The Balaban J connectivity index is 2.55. The van der Waals surface area contributed by atoms with E-state index >= 15 is 0 Å². The van der Waals surface area contributed by atoms with Crippen LogP contribution in [0.5, 0.6) is 0 Å². The largest absolute Gasteiger partial charge is 0.391 e. The molecule has 82 valence electrons. The Kier molecular flexibility index (Phi) is 4.32. The molecule has 4 nitrogen and oxygen atoms in total. The number of hydrogen-bond acceptors (Lipinski definition) is 3. The van der Waals surface area contributed by atoms with Gasteiger partial charge in [-0.05, 0) is 19.3 Å². The second-order valence-electron chi connectivity index (χ2n) is 3.77. The molecule has 3 atom stereocenters. The number of nitrogens with two attached hydrogens (primary N) is 1. The van der Waals surface area contributed by atoms with Crippen molar-refractivity contribution >= 4 is 7.37 Å². The van der Waals surface area contributed by atoms with Crippen LogP contribution in [0, 0.1) is 0 Å². The summed E-state index contributed by atoms with van der Waals surface area (Å²) in [5.74, 6) is 0. The highest BCUT2D eigenvalue weighted by molar-refractivity contribution is 7.58. The molecule has 14 heavy (non-hydrogen) atoms. The minimum Gasteiger partial charge on any atom is -0.391 e. The summed E-state index contributed by atoms with van der Waals surface area (Å²) in [5.41, 5.74) is 5.03. The summed E-state index contributed by atoms with van der Waals surface area (Å²) in [7, 11) is -3.22. The third-order valence-corrected chi connectivity index (χ3v) is 5.11. The summed E-state index contributed by atoms with van der Waals surface area (Å²) in [6.07, 6.45) is 5.28. The second kappa shape index (κ2) is 5.08. The summed E-state index contributed by atoms with van der Waals surface area (Å²) in [5, 5.41) is 9.25. The summed E-state index contributed by atoms with van der Waals surface area (Å²) >= 11 is 0. The maximum Gasteiger partial charge on any atom is 0.206 e. The van der Waals surface area contributed by atoms with Crippen LogP contribution in [0.15, 0.2) is 12.2 Å². The van der Waals surface area contributed by atoms with E-state index < -0.39 is 13.5 Å². The van der Waals surface area contributed by atoms with Crippen LogP contribution >= 0.6 is 7.37 Å². The lowest BCUT2D eigenvalue weighted by Crippen LogP contribution is -2.26. The van der Waals surface area contributed by atoms with Crippen LogP contribution < -0.4 is 5.73 Å². The monoisotopic (exact) mass is 219 g/mol. The van der Waals surface area contributed by atoms with Gasteiger partial charge < -0.3 is 15.7 Å². The van der Waals surface area contributed by atoms with Crippen molar-refractivity contribution in [2.75, 3.05) is 12.7 Å². The third kappa shape index (κ3) is 3.21. The lowest BCUT2D eigenvalue weighted by atomic mass is 10.1. The van der Waals surface area contributed by atoms with Crippen molar-refractivity contribution in [2.45, 2.75) is 31.0 Å². The molecular formula is C9H18NO3P. The minimum atomic E-state index is -3.22. The maximum atomic E-state index is 11.8. The van der Waals surface area contributed by atoms with E-state index in [0.717, 1.165) is 12.8 Å². The first-order valence-electron chi connectivity index (χ1n) is 4.91. The van der Waals surface area contributed by atoms with Gasteiger partial charge in [-0.25, -0.2) is 0 Å². The zero-order valence-electron chi connectivity index (χ0n) is 8.17. The average Bonchev–Trinajstić information content (AvgIpc) is 2.18. The van der Waals surface area contributed by atoms with Crippen molar-refractivity contribution < 1.29 is 14.6 Å². The Bertz CT molecular complexity index is 254. The van der Waals surface area contributed by atoms with Gasteiger partial charge in [0.25, 0.3) is 0 Å². The van der Waals surface area contributed by atoms with Gasteiger partial charge >= 0.3 is 0 Å². The molecule has 2 unspecified atom stereocenters. The lowest BCUT2D eigenvalue weighted by molar-refractivity contribution is 0.201. The number of rotatable bonds is 4. The molecule has 0 radical (unpaired) electrons. The first-order valence-corrected chi connectivity index (χ1v) is 6.82. The van der Waals surface area contributed by atoms with Crippen LogP contribution in [0.3, 0.4) is 0 Å². The van der Waals surface area contributed by atoms with Crippen LogP contribution in [0.2, 0.25) is 0 Å². The smallest absolute Gasteiger partial charge is 0.206 e. The van der Waals surface area contributed by atoms with Crippen LogP contribution in [-0.2, 0) is 4.57 Å². The highest BCUT2D eigenvalue weighted by Crippen LogP contribution is 2.51. The van der Waals surface area contributed by atoms with Gasteiger partial charge in [0.2, 0.25) is 7.37 Å². The molecule has 0 aromatic carbocycles. The normalized spacial score (nSPS) is 28.4. The van der Waals surface area contributed by atoms with Crippen molar-refractivity contribution in [2.24, 2.45) is 5.73 Å². The van der Waals surface area contributed by atoms with Crippen molar-refractivity contribution in [1.82, 2.24) is 0 Å². The van der Waals surface area contributed by atoms with Gasteiger partial charge in [-0.15, -0.1) is 0 Å². The molecule has 4 N–H and O–H groups in total. The summed E-state index contributed by atoms with van der Waals surface area (Å²) < 4.78 is 11.8. The highest BCUT2D eigenvalue weighted by atomic mass is 31.2. The summed E-state index contributed by atoms with van der Waals surface area (Å²) in [6.45, 7) is 0.0487. The standard InChI is InChI=1S/C9H18NO3P/c10-6-8(11)7-14(12,13)9-4-2-1-3-5-9/h1-2,8-9,11H,3-7,10H2,(H,12,13)/t8-,9?/m1/s1. The maximum absolute atomic E-state index is 11.8. The Morgan fingerprint density at radius 3 is 2.79 bits per heavy atom. The molecule has 1 aliphatic carbocycles. The quantitative estimate of drug-likeness (QED) is 0.479. The number of allylic oxidation sites excluding steroid dienone is 2.